The predicted octanol–water partition coefficient (Wildman–Crippen LogP) is 6.03. The van der Waals surface area contributed by atoms with Crippen LogP contribution in [0.3, 0.4) is 0 Å². The normalized spacial score (nSPS) is 14.0. The van der Waals surface area contributed by atoms with Gasteiger partial charge in [0.2, 0.25) is 0 Å². The maximum Gasteiger partial charge on any atom is 0.251 e. The average molecular weight is 597 g/mol. The Balaban J connectivity index is 1.94. The zero-order chi connectivity index (χ0) is 30.9. The molecular formula is C31H31F3N4O3S. The molecule has 0 unspecified atom stereocenters. The summed E-state index contributed by atoms with van der Waals surface area (Å²) in [6.45, 7) is 7.60. The number of nitrogens with one attached hydrogen (secondary N) is 2. The van der Waals surface area contributed by atoms with Gasteiger partial charge in [-0.2, -0.15) is 0 Å². The Morgan fingerprint density at radius 1 is 1.24 bits per heavy atom. The molecular weight excluding hydrogens is 565 g/mol. The number of carbonyl (C=O) groups excluding carboxylic acids is 1. The number of aromatic nitrogens is 2. The first-order chi connectivity index (χ1) is 19.9. The van der Waals surface area contributed by atoms with Crippen molar-refractivity contribution in [1.82, 2.24) is 15.3 Å². The molecule has 0 fully saturated rings. The third kappa shape index (κ3) is 8.51. The number of rotatable bonds is 14. The lowest BCUT2D eigenvalue weighted by Crippen LogP contribution is -2.25. The van der Waals surface area contributed by atoms with Crippen LogP contribution in [0.1, 0.15) is 29.3 Å². The van der Waals surface area contributed by atoms with Crippen molar-refractivity contribution in [1.29, 1.82) is 0 Å². The summed E-state index contributed by atoms with van der Waals surface area (Å²) >= 11 is 0. The van der Waals surface area contributed by atoms with Crippen LogP contribution >= 0.6 is 0 Å². The minimum Gasteiger partial charge on any atom is -0.366 e. The fraction of sp³-hybridized carbons (Fsp3) is 0.161. The molecule has 7 nitrogen and oxygen atoms in total. The lowest BCUT2D eigenvalue weighted by molar-refractivity contribution is -0.114. The second kappa shape index (κ2) is 14.4. The molecule has 220 valence electrons. The van der Waals surface area contributed by atoms with Crippen molar-refractivity contribution in [3.63, 3.8) is 0 Å². The number of hydrogen-bond acceptors (Lipinski definition) is 5. The van der Waals surface area contributed by atoms with Crippen LogP contribution in [0.15, 0.2) is 114 Å². The Labute approximate surface area is 242 Å². The summed E-state index contributed by atoms with van der Waals surface area (Å²) in [6.07, 6.45) is 10.6. The second-order valence-corrected chi connectivity index (χ2v) is 11.4. The first kappa shape index (κ1) is 32.0. The highest BCUT2D eigenvalue weighted by molar-refractivity contribution is 7.90. The number of nitrogens with two attached hydrogens (primary N) is 1. The maximum atomic E-state index is 14.1. The zero-order valence-corrected chi connectivity index (χ0v) is 23.7. The molecule has 0 aliphatic carbocycles. The van der Waals surface area contributed by atoms with Crippen LogP contribution in [0.4, 0.5) is 13.2 Å². The molecule has 0 bridgehead atoms. The van der Waals surface area contributed by atoms with Crippen molar-refractivity contribution < 1.29 is 26.4 Å². The average Bonchev–Trinajstić information content (AvgIpc) is 3.34. The van der Waals surface area contributed by atoms with Gasteiger partial charge >= 0.3 is 0 Å². The van der Waals surface area contributed by atoms with E-state index in [-0.39, 0.29) is 23.2 Å². The number of pyridine rings is 1. The van der Waals surface area contributed by atoms with Gasteiger partial charge in [-0.05, 0) is 73.0 Å². The topological polar surface area (TPSA) is 118 Å². The van der Waals surface area contributed by atoms with Gasteiger partial charge < -0.3 is 16.0 Å². The Morgan fingerprint density at radius 3 is 2.67 bits per heavy atom. The minimum atomic E-state index is -3.40. The van der Waals surface area contributed by atoms with Gasteiger partial charge in [-0.3, -0.25) is 9.78 Å². The SMILES string of the molecule is C=C/C(F)=C(\C=C\c1cccnc1[C@H](CC(=C)/C=C(F)\C=C\F)NCCc1c[nH]c2ccc(S(C)(=O)=O)cc12)C(N)=O. The monoisotopic (exact) mass is 596 g/mol. The number of benzene rings is 1. The fourth-order valence-electron chi connectivity index (χ4n) is 4.29. The third-order valence-electron chi connectivity index (χ3n) is 6.32. The highest BCUT2D eigenvalue weighted by atomic mass is 32.2. The van der Waals surface area contributed by atoms with E-state index >= 15 is 0 Å². The van der Waals surface area contributed by atoms with Crippen molar-refractivity contribution in [2.45, 2.75) is 23.8 Å². The van der Waals surface area contributed by atoms with Crippen molar-refractivity contribution in [2.75, 3.05) is 12.8 Å². The molecule has 0 saturated carbocycles. The summed E-state index contributed by atoms with van der Waals surface area (Å²) in [4.78, 5) is 19.6. The first-order valence-electron chi connectivity index (χ1n) is 12.7. The van der Waals surface area contributed by atoms with E-state index < -0.39 is 33.4 Å². The number of amides is 1. The zero-order valence-electron chi connectivity index (χ0n) is 22.9. The lowest BCUT2D eigenvalue weighted by Gasteiger charge is -2.21. The smallest absolute Gasteiger partial charge is 0.251 e. The number of sulfone groups is 1. The van der Waals surface area contributed by atoms with Crippen molar-refractivity contribution in [2.24, 2.45) is 5.73 Å². The van der Waals surface area contributed by atoms with Crippen LogP contribution in [0.25, 0.3) is 17.0 Å². The number of halogens is 3. The molecule has 0 spiro atoms. The van der Waals surface area contributed by atoms with Crippen molar-refractivity contribution >= 4 is 32.7 Å². The van der Waals surface area contributed by atoms with E-state index in [2.05, 4.69) is 28.4 Å². The number of hydrogen-bond donors (Lipinski definition) is 3. The van der Waals surface area contributed by atoms with Gasteiger partial charge in [-0.25, -0.2) is 21.6 Å². The number of fused-ring (bicyclic) bond motifs is 1. The molecule has 1 aromatic carbocycles. The molecule has 0 radical (unpaired) electrons. The molecule has 1 atom stereocenters. The Hall–Kier alpha value is -4.48. The van der Waals surface area contributed by atoms with Gasteiger partial charge in [0.05, 0.1) is 28.5 Å². The third-order valence-corrected chi connectivity index (χ3v) is 7.43. The first-order valence-corrected chi connectivity index (χ1v) is 14.6. The number of nitrogens with zero attached hydrogens (tertiary/aromatic N) is 1. The number of carbonyl (C=O) groups is 1. The van der Waals surface area contributed by atoms with Gasteiger partial charge in [-0.15, -0.1) is 0 Å². The summed E-state index contributed by atoms with van der Waals surface area (Å²) in [5.74, 6) is -2.68. The van der Waals surface area contributed by atoms with Gasteiger partial charge in [0.15, 0.2) is 9.84 Å². The molecule has 2 heterocycles. The van der Waals surface area contributed by atoms with Crippen LogP contribution in [-0.2, 0) is 21.1 Å². The van der Waals surface area contributed by atoms with Gasteiger partial charge in [-0.1, -0.05) is 30.9 Å². The van der Waals surface area contributed by atoms with E-state index in [0.717, 1.165) is 34.9 Å². The minimum absolute atomic E-state index is 0.0825. The Kier molecular flexibility index (Phi) is 11.0. The highest BCUT2D eigenvalue weighted by Crippen LogP contribution is 2.27. The molecule has 42 heavy (non-hydrogen) atoms. The lowest BCUT2D eigenvalue weighted by atomic mass is 9.98. The van der Waals surface area contributed by atoms with Crippen LogP contribution in [0.2, 0.25) is 0 Å². The Bertz CT molecular complexity index is 1720. The Morgan fingerprint density at radius 2 is 2.00 bits per heavy atom. The second-order valence-electron chi connectivity index (χ2n) is 9.38. The van der Waals surface area contributed by atoms with Crippen LogP contribution in [0, 0.1) is 0 Å². The number of primary amides is 1. The van der Waals surface area contributed by atoms with E-state index in [4.69, 9.17) is 5.73 Å². The number of aromatic amines is 1. The predicted molar refractivity (Wildman–Crippen MR) is 160 cm³/mol. The summed E-state index contributed by atoms with van der Waals surface area (Å²) in [6, 6.07) is 7.69. The van der Waals surface area contributed by atoms with Crippen molar-refractivity contribution in [3.8, 4) is 0 Å². The largest absolute Gasteiger partial charge is 0.366 e. The molecule has 11 heteroatoms. The summed E-state index contributed by atoms with van der Waals surface area (Å²) < 4.78 is 64.6. The molecule has 1 amide bonds. The molecule has 2 aromatic heterocycles. The maximum absolute atomic E-state index is 14.1. The number of H-pyrrole nitrogens is 1. The van der Waals surface area contributed by atoms with E-state index in [0.29, 0.717) is 35.9 Å². The molecule has 4 N–H and O–H groups in total. The van der Waals surface area contributed by atoms with Crippen molar-refractivity contribution in [3.05, 3.63) is 126 Å². The van der Waals surface area contributed by atoms with E-state index in [1.807, 2.05) is 0 Å². The van der Waals surface area contributed by atoms with Gasteiger partial charge in [0.25, 0.3) is 5.91 Å². The summed E-state index contributed by atoms with van der Waals surface area (Å²) in [5, 5.41) is 4.14. The molecule has 0 aliphatic heterocycles. The summed E-state index contributed by atoms with van der Waals surface area (Å²) in [5.41, 5.74) is 7.95. The highest BCUT2D eigenvalue weighted by Gasteiger charge is 2.18. The molecule has 3 rings (SSSR count). The van der Waals surface area contributed by atoms with E-state index in [1.165, 1.54) is 12.2 Å². The van der Waals surface area contributed by atoms with E-state index in [9.17, 15) is 26.4 Å². The summed E-state index contributed by atoms with van der Waals surface area (Å²) in [7, 11) is -3.40. The van der Waals surface area contributed by atoms with E-state index in [1.54, 1.807) is 42.7 Å². The van der Waals surface area contributed by atoms with Crippen LogP contribution in [0.5, 0.6) is 0 Å². The van der Waals surface area contributed by atoms with Gasteiger partial charge in [0, 0.05) is 35.6 Å². The fourth-order valence-corrected chi connectivity index (χ4v) is 4.94. The van der Waals surface area contributed by atoms with Crippen LogP contribution in [-0.4, -0.2) is 37.1 Å². The van der Waals surface area contributed by atoms with Crippen LogP contribution < -0.4 is 11.1 Å². The molecule has 0 saturated heterocycles. The number of allylic oxidation sites excluding steroid dienone is 5. The molecule has 3 aromatic rings. The quantitative estimate of drug-likeness (QED) is 0.155. The van der Waals surface area contributed by atoms with Gasteiger partial charge in [0.1, 0.15) is 11.7 Å². The standard InChI is InChI=1S/C31H31F3N4O3S/c1-4-27(34)25(31(35)39)9-7-21-6-5-14-37-30(21)29(17-20(2)16-23(33)11-13-32)36-15-12-22-19-38-28-10-8-24(18-26(22)28)42(3,40)41/h4-11,13-14,16,18-19,29,36,38H,1-2,12,15,17H2,3H3,(H2,35,39)/b9-7+,13-11+,23-16+,27-25-/t29-/m0/s1. The molecule has 0 aliphatic rings.